The quantitative estimate of drug-likeness (QED) is 0.537. The summed E-state index contributed by atoms with van der Waals surface area (Å²) in [5, 5.41) is 2.85. The SMILES string of the molecule is C#CCNS(=O)(=O)c1cccc(C(=O)NCCCN2CCCCC2)c1. The third-order valence-corrected chi connectivity index (χ3v) is 5.56. The number of piperidine rings is 1. The zero-order valence-corrected chi connectivity index (χ0v) is 15.1. The smallest absolute Gasteiger partial charge is 0.251 e. The molecule has 1 aromatic carbocycles. The van der Waals surface area contributed by atoms with Gasteiger partial charge in [-0.2, -0.15) is 4.72 Å². The molecule has 1 aliphatic heterocycles. The largest absolute Gasteiger partial charge is 0.352 e. The van der Waals surface area contributed by atoms with Gasteiger partial charge in [-0.3, -0.25) is 4.79 Å². The number of carbonyl (C=O) groups excluding carboxylic acids is 1. The van der Waals surface area contributed by atoms with E-state index in [1.54, 1.807) is 12.1 Å². The molecule has 1 aliphatic rings. The van der Waals surface area contributed by atoms with Crippen LogP contribution in [0.15, 0.2) is 29.2 Å². The van der Waals surface area contributed by atoms with Crippen LogP contribution in [0.2, 0.25) is 0 Å². The standard InChI is InChI=1S/C18H25N3O3S/c1-2-10-20-25(23,24)17-9-6-8-16(15-17)18(22)19-11-7-14-21-12-4-3-5-13-21/h1,6,8-9,15,20H,3-5,7,10-14H2,(H,19,22). The van der Waals surface area contributed by atoms with E-state index in [-0.39, 0.29) is 17.3 Å². The first-order valence-electron chi connectivity index (χ1n) is 8.57. The molecule has 0 spiro atoms. The van der Waals surface area contributed by atoms with Crippen LogP contribution in [0.25, 0.3) is 0 Å². The van der Waals surface area contributed by atoms with E-state index < -0.39 is 10.0 Å². The van der Waals surface area contributed by atoms with E-state index >= 15 is 0 Å². The maximum Gasteiger partial charge on any atom is 0.251 e. The normalized spacial score (nSPS) is 15.5. The Bertz CT molecular complexity index is 719. The molecule has 1 heterocycles. The Kier molecular flexibility index (Phi) is 7.44. The van der Waals surface area contributed by atoms with Crippen LogP contribution in [0.1, 0.15) is 36.0 Å². The van der Waals surface area contributed by atoms with E-state index in [2.05, 4.69) is 20.9 Å². The Balaban J connectivity index is 1.85. The fourth-order valence-corrected chi connectivity index (χ4v) is 3.79. The minimum Gasteiger partial charge on any atom is -0.352 e. The molecule has 6 nitrogen and oxygen atoms in total. The zero-order valence-electron chi connectivity index (χ0n) is 14.3. The number of amides is 1. The van der Waals surface area contributed by atoms with Crippen molar-refractivity contribution in [3.8, 4) is 12.3 Å². The van der Waals surface area contributed by atoms with E-state index in [9.17, 15) is 13.2 Å². The Morgan fingerprint density at radius 1 is 1.24 bits per heavy atom. The van der Waals surface area contributed by atoms with Gasteiger partial charge in [-0.15, -0.1) is 6.42 Å². The van der Waals surface area contributed by atoms with Crippen LogP contribution in [0.5, 0.6) is 0 Å². The van der Waals surface area contributed by atoms with Gasteiger partial charge >= 0.3 is 0 Å². The van der Waals surface area contributed by atoms with Crippen LogP contribution in [-0.2, 0) is 10.0 Å². The van der Waals surface area contributed by atoms with Gasteiger partial charge in [0.05, 0.1) is 11.4 Å². The zero-order chi connectivity index (χ0) is 18.1. The Morgan fingerprint density at radius 2 is 2.00 bits per heavy atom. The van der Waals surface area contributed by atoms with Gasteiger partial charge in [-0.1, -0.05) is 18.4 Å². The monoisotopic (exact) mass is 363 g/mol. The number of nitrogens with one attached hydrogen (secondary N) is 2. The lowest BCUT2D eigenvalue weighted by atomic mass is 10.1. The molecule has 1 fully saturated rings. The fraction of sp³-hybridized carbons (Fsp3) is 0.500. The maximum absolute atomic E-state index is 12.2. The predicted octanol–water partition coefficient (Wildman–Crippen LogP) is 1.20. The van der Waals surface area contributed by atoms with Crippen molar-refractivity contribution in [3.05, 3.63) is 29.8 Å². The van der Waals surface area contributed by atoms with Crippen molar-refractivity contribution >= 4 is 15.9 Å². The molecular weight excluding hydrogens is 338 g/mol. The molecule has 2 N–H and O–H groups in total. The first-order chi connectivity index (χ1) is 12.0. The predicted molar refractivity (Wildman–Crippen MR) is 97.7 cm³/mol. The van der Waals surface area contributed by atoms with Crippen LogP contribution in [-0.4, -0.2) is 51.9 Å². The third kappa shape index (κ3) is 6.16. The number of carbonyl (C=O) groups is 1. The molecule has 0 unspecified atom stereocenters. The molecule has 2 rings (SSSR count). The summed E-state index contributed by atoms with van der Waals surface area (Å²) < 4.78 is 26.4. The van der Waals surface area contributed by atoms with Crippen LogP contribution < -0.4 is 10.0 Å². The Morgan fingerprint density at radius 3 is 2.72 bits per heavy atom. The summed E-state index contributed by atoms with van der Waals surface area (Å²) >= 11 is 0. The minimum absolute atomic E-state index is 0.0312. The molecular formula is C18H25N3O3S. The number of benzene rings is 1. The lowest BCUT2D eigenvalue weighted by molar-refractivity contribution is 0.0951. The topological polar surface area (TPSA) is 78.5 Å². The highest BCUT2D eigenvalue weighted by Gasteiger charge is 2.15. The molecule has 7 heteroatoms. The van der Waals surface area contributed by atoms with Crippen molar-refractivity contribution in [2.75, 3.05) is 32.7 Å². The Labute approximate surface area is 150 Å². The summed E-state index contributed by atoms with van der Waals surface area (Å²) in [5.74, 6) is 1.95. The van der Waals surface area contributed by atoms with Crippen molar-refractivity contribution in [1.82, 2.24) is 14.9 Å². The van der Waals surface area contributed by atoms with Crippen LogP contribution in [0, 0.1) is 12.3 Å². The Hall–Kier alpha value is -1.88. The summed E-state index contributed by atoms with van der Waals surface area (Å²) in [4.78, 5) is 14.7. The molecule has 136 valence electrons. The number of rotatable bonds is 8. The first-order valence-corrected chi connectivity index (χ1v) is 10.0. The summed E-state index contributed by atoms with van der Waals surface area (Å²) in [5.41, 5.74) is 0.321. The highest BCUT2D eigenvalue weighted by Crippen LogP contribution is 2.12. The van der Waals surface area contributed by atoms with E-state index in [0.29, 0.717) is 12.1 Å². The van der Waals surface area contributed by atoms with E-state index in [4.69, 9.17) is 6.42 Å². The van der Waals surface area contributed by atoms with E-state index in [0.717, 1.165) is 26.1 Å². The fourth-order valence-electron chi connectivity index (χ4n) is 2.81. The number of hydrogen-bond acceptors (Lipinski definition) is 4. The molecule has 0 atom stereocenters. The van der Waals surface area contributed by atoms with Crippen LogP contribution in [0.4, 0.5) is 0 Å². The lowest BCUT2D eigenvalue weighted by Gasteiger charge is -2.26. The molecule has 25 heavy (non-hydrogen) atoms. The molecule has 0 aliphatic carbocycles. The van der Waals surface area contributed by atoms with Gasteiger partial charge in [0.15, 0.2) is 0 Å². The molecule has 1 aromatic rings. The van der Waals surface area contributed by atoms with Crippen molar-refractivity contribution in [2.45, 2.75) is 30.6 Å². The summed E-state index contributed by atoms with van der Waals surface area (Å²) in [6.45, 7) is 3.73. The average Bonchev–Trinajstić information content (AvgIpc) is 2.64. The third-order valence-electron chi connectivity index (χ3n) is 4.16. The molecule has 0 radical (unpaired) electrons. The average molecular weight is 363 g/mol. The molecule has 0 aromatic heterocycles. The van der Waals surface area contributed by atoms with Crippen molar-refractivity contribution in [1.29, 1.82) is 0 Å². The molecule has 0 bridgehead atoms. The van der Waals surface area contributed by atoms with Gasteiger partial charge in [0.2, 0.25) is 10.0 Å². The second kappa shape index (κ2) is 9.56. The number of sulfonamides is 1. The maximum atomic E-state index is 12.2. The summed E-state index contributed by atoms with van der Waals surface area (Å²) in [6.07, 6.45) is 9.76. The second-order valence-electron chi connectivity index (χ2n) is 6.07. The van der Waals surface area contributed by atoms with Crippen LogP contribution >= 0.6 is 0 Å². The molecule has 1 saturated heterocycles. The lowest BCUT2D eigenvalue weighted by Crippen LogP contribution is -2.33. The second-order valence-corrected chi connectivity index (χ2v) is 7.84. The summed E-state index contributed by atoms with van der Waals surface area (Å²) in [7, 11) is -3.70. The van der Waals surface area contributed by atoms with Crippen LogP contribution in [0.3, 0.4) is 0 Å². The highest BCUT2D eigenvalue weighted by atomic mass is 32.2. The van der Waals surface area contributed by atoms with Crippen molar-refractivity contribution < 1.29 is 13.2 Å². The van der Waals surface area contributed by atoms with E-state index in [1.165, 1.54) is 31.4 Å². The highest BCUT2D eigenvalue weighted by molar-refractivity contribution is 7.89. The summed E-state index contributed by atoms with van der Waals surface area (Å²) in [6, 6.07) is 5.94. The molecule has 0 saturated carbocycles. The van der Waals surface area contributed by atoms with Gasteiger partial charge in [-0.25, -0.2) is 8.42 Å². The van der Waals surface area contributed by atoms with Gasteiger partial charge in [0.1, 0.15) is 0 Å². The van der Waals surface area contributed by atoms with Gasteiger partial charge in [-0.05, 0) is 57.1 Å². The number of hydrogen-bond donors (Lipinski definition) is 2. The minimum atomic E-state index is -3.70. The van der Waals surface area contributed by atoms with Gasteiger partial charge in [0, 0.05) is 12.1 Å². The number of nitrogens with zero attached hydrogens (tertiary/aromatic N) is 1. The molecule has 1 amide bonds. The van der Waals surface area contributed by atoms with Gasteiger partial charge < -0.3 is 10.2 Å². The first kappa shape index (κ1) is 19.4. The van der Waals surface area contributed by atoms with Crippen molar-refractivity contribution in [3.63, 3.8) is 0 Å². The van der Waals surface area contributed by atoms with E-state index in [1.807, 2.05) is 0 Å². The number of terminal acetylenes is 1. The number of likely N-dealkylation sites (tertiary alicyclic amines) is 1. The van der Waals surface area contributed by atoms with Crippen molar-refractivity contribution in [2.24, 2.45) is 0 Å². The van der Waals surface area contributed by atoms with Gasteiger partial charge in [0.25, 0.3) is 5.91 Å².